The lowest BCUT2D eigenvalue weighted by Gasteiger charge is -2.27. The van der Waals surface area contributed by atoms with Crippen molar-refractivity contribution in [2.24, 2.45) is 0 Å². The van der Waals surface area contributed by atoms with Crippen molar-refractivity contribution in [1.29, 1.82) is 0 Å². The van der Waals surface area contributed by atoms with Gasteiger partial charge < -0.3 is 19.7 Å². The first-order chi connectivity index (χ1) is 11.5. The molecule has 1 aromatic rings. The highest BCUT2D eigenvalue weighted by Gasteiger charge is 2.25. The number of carbonyl (C=O) groups is 1. The van der Waals surface area contributed by atoms with Crippen molar-refractivity contribution in [1.82, 2.24) is 5.32 Å². The summed E-state index contributed by atoms with van der Waals surface area (Å²) >= 11 is 0. The van der Waals surface area contributed by atoms with E-state index >= 15 is 0 Å². The molecule has 1 unspecified atom stereocenters. The van der Waals surface area contributed by atoms with Crippen molar-refractivity contribution in [3.05, 3.63) is 23.8 Å². The van der Waals surface area contributed by atoms with E-state index < -0.39 is 0 Å². The van der Waals surface area contributed by atoms with Gasteiger partial charge in [0.1, 0.15) is 18.0 Å². The number of amides is 1. The average Bonchev–Trinajstić information content (AvgIpc) is 2.62. The first-order valence-corrected chi connectivity index (χ1v) is 8.88. The molecule has 0 bridgehead atoms. The number of quaternary nitrogens is 1. The minimum absolute atomic E-state index is 0.0984. The van der Waals surface area contributed by atoms with E-state index in [0.717, 1.165) is 41.3 Å². The highest BCUT2D eigenvalue weighted by Crippen LogP contribution is 2.23. The van der Waals surface area contributed by atoms with Crippen molar-refractivity contribution in [2.75, 3.05) is 21.3 Å². The molecule has 0 saturated heterocycles. The third-order valence-electron chi connectivity index (χ3n) is 5.05. The molecule has 0 aliphatic heterocycles. The fraction of sp³-hybridized carbons (Fsp3) is 0.632. The maximum atomic E-state index is 12.5. The molecule has 1 fully saturated rings. The zero-order valence-electron chi connectivity index (χ0n) is 15.4. The van der Waals surface area contributed by atoms with Crippen LogP contribution in [0, 0.1) is 0 Å². The summed E-state index contributed by atoms with van der Waals surface area (Å²) in [5.41, 5.74) is 1.08. The Morgan fingerprint density at radius 1 is 1.25 bits per heavy atom. The van der Waals surface area contributed by atoms with Gasteiger partial charge in [-0.15, -0.1) is 0 Å². The molecular formula is C19H31N2O3+. The number of carbonyl (C=O) groups excluding carboxylic acids is 1. The van der Waals surface area contributed by atoms with Crippen molar-refractivity contribution >= 4 is 5.91 Å². The Hall–Kier alpha value is -1.75. The van der Waals surface area contributed by atoms with Crippen molar-refractivity contribution in [3.63, 3.8) is 0 Å². The molecule has 2 atom stereocenters. The van der Waals surface area contributed by atoms with Gasteiger partial charge in [-0.1, -0.05) is 19.3 Å². The molecule has 24 heavy (non-hydrogen) atoms. The maximum absolute atomic E-state index is 12.5. The third kappa shape index (κ3) is 4.87. The molecule has 0 radical (unpaired) electrons. The summed E-state index contributed by atoms with van der Waals surface area (Å²) in [6, 6.07) is 6.08. The van der Waals surface area contributed by atoms with E-state index in [4.69, 9.17) is 9.47 Å². The summed E-state index contributed by atoms with van der Waals surface area (Å²) < 4.78 is 10.7. The minimum atomic E-state index is -0.0984. The normalized spacial score (nSPS) is 17.8. The maximum Gasteiger partial charge on any atom is 0.278 e. The van der Waals surface area contributed by atoms with Gasteiger partial charge in [0.15, 0.2) is 6.04 Å². The second-order valence-electron chi connectivity index (χ2n) is 6.77. The number of methoxy groups -OCH3 is 2. The van der Waals surface area contributed by atoms with E-state index in [1.165, 1.54) is 19.3 Å². The molecule has 0 aromatic heterocycles. The van der Waals surface area contributed by atoms with E-state index in [9.17, 15) is 4.79 Å². The summed E-state index contributed by atoms with van der Waals surface area (Å²) in [6.45, 7) is 2.72. The second kappa shape index (κ2) is 8.92. The van der Waals surface area contributed by atoms with Gasteiger partial charge in [0.05, 0.1) is 21.3 Å². The molecule has 2 rings (SSSR count). The lowest BCUT2D eigenvalue weighted by atomic mass is 9.95. The lowest BCUT2D eigenvalue weighted by Crippen LogP contribution is -3.12. The van der Waals surface area contributed by atoms with Crippen LogP contribution in [0.1, 0.15) is 44.6 Å². The quantitative estimate of drug-likeness (QED) is 0.795. The Bertz CT molecular complexity index is 541. The highest BCUT2D eigenvalue weighted by atomic mass is 16.5. The molecular weight excluding hydrogens is 304 g/mol. The Labute approximate surface area is 145 Å². The number of ether oxygens (including phenoxy) is 2. The fourth-order valence-corrected chi connectivity index (χ4v) is 3.25. The van der Waals surface area contributed by atoms with Crippen LogP contribution < -0.4 is 19.7 Å². The summed E-state index contributed by atoms with van der Waals surface area (Å²) in [5, 5.41) is 3.22. The van der Waals surface area contributed by atoms with Crippen LogP contribution in [-0.4, -0.2) is 39.3 Å². The summed E-state index contributed by atoms with van der Waals surface area (Å²) in [4.78, 5) is 13.7. The highest BCUT2D eigenvalue weighted by molar-refractivity contribution is 5.80. The zero-order chi connectivity index (χ0) is 17.5. The molecule has 2 N–H and O–H groups in total. The smallest absolute Gasteiger partial charge is 0.278 e. The summed E-state index contributed by atoms with van der Waals surface area (Å²) in [7, 11) is 5.35. The fourth-order valence-electron chi connectivity index (χ4n) is 3.25. The average molecular weight is 335 g/mol. The molecule has 0 heterocycles. The van der Waals surface area contributed by atoms with Crippen LogP contribution in [0.3, 0.4) is 0 Å². The van der Waals surface area contributed by atoms with Crippen molar-refractivity contribution in [3.8, 4) is 11.5 Å². The van der Waals surface area contributed by atoms with Gasteiger partial charge in [-0.3, -0.25) is 4.79 Å². The predicted octanol–water partition coefficient (Wildman–Crippen LogP) is 1.56. The molecule has 5 nitrogen and oxygen atoms in total. The Balaban J connectivity index is 1.95. The van der Waals surface area contributed by atoms with Crippen LogP contribution in [-0.2, 0) is 11.3 Å². The largest absolute Gasteiger partial charge is 0.497 e. The van der Waals surface area contributed by atoms with Crippen LogP contribution in [0.15, 0.2) is 18.2 Å². The van der Waals surface area contributed by atoms with Crippen LogP contribution >= 0.6 is 0 Å². The molecule has 1 saturated carbocycles. The predicted molar refractivity (Wildman–Crippen MR) is 94.6 cm³/mol. The third-order valence-corrected chi connectivity index (χ3v) is 5.05. The Morgan fingerprint density at radius 2 is 1.96 bits per heavy atom. The molecule has 1 amide bonds. The van der Waals surface area contributed by atoms with Gasteiger partial charge in [-0.05, 0) is 31.9 Å². The van der Waals surface area contributed by atoms with Crippen molar-refractivity contribution < 1.29 is 19.2 Å². The number of hydrogen-bond donors (Lipinski definition) is 2. The Morgan fingerprint density at radius 3 is 2.58 bits per heavy atom. The van der Waals surface area contributed by atoms with Crippen LogP contribution in [0.25, 0.3) is 0 Å². The number of benzene rings is 1. The van der Waals surface area contributed by atoms with Crippen LogP contribution in [0.5, 0.6) is 11.5 Å². The summed E-state index contributed by atoms with van der Waals surface area (Å²) in [6.07, 6.45) is 5.98. The van der Waals surface area contributed by atoms with Crippen LogP contribution in [0.2, 0.25) is 0 Å². The van der Waals surface area contributed by atoms with E-state index in [1.54, 1.807) is 14.2 Å². The monoisotopic (exact) mass is 335 g/mol. The van der Waals surface area contributed by atoms with Gasteiger partial charge in [-0.25, -0.2) is 0 Å². The Kier molecular flexibility index (Phi) is 6.91. The molecule has 134 valence electrons. The number of rotatable bonds is 7. The number of nitrogens with one attached hydrogen (secondary N) is 2. The molecule has 1 aromatic carbocycles. The van der Waals surface area contributed by atoms with Gasteiger partial charge in [-0.2, -0.15) is 0 Å². The number of likely N-dealkylation sites (N-methyl/N-ethyl adjacent to an activating group) is 1. The van der Waals surface area contributed by atoms with E-state index in [1.807, 2.05) is 25.1 Å². The molecule has 1 aliphatic carbocycles. The standard InChI is InChI=1S/C19H30N2O3/c1-14(19(22)20-16-8-6-5-7-9-16)21(2)13-15-10-11-17(23-3)12-18(15)24-4/h10-12,14,16H,5-9,13H2,1-4H3,(H,20,22)/p+1/t14-/m1/s1. The van der Waals surface area contributed by atoms with E-state index in [0.29, 0.717) is 6.04 Å². The molecule has 0 spiro atoms. The van der Waals surface area contributed by atoms with Gasteiger partial charge >= 0.3 is 0 Å². The first kappa shape index (κ1) is 18.6. The van der Waals surface area contributed by atoms with E-state index in [-0.39, 0.29) is 11.9 Å². The zero-order valence-corrected chi connectivity index (χ0v) is 15.4. The number of hydrogen-bond acceptors (Lipinski definition) is 3. The van der Waals surface area contributed by atoms with Gasteiger partial charge in [0, 0.05) is 17.7 Å². The lowest BCUT2D eigenvalue weighted by molar-refractivity contribution is -0.908. The second-order valence-corrected chi connectivity index (χ2v) is 6.77. The topological polar surface area (TPSA) is 52.0 Å². The minimum Gasteiger partial charge on any atom is -0.497 e. The van der Waals surface area contributed by atoms with E-state index in [2.05, 4.69) is 12.4 Å². The van der Waals surface area contributed by atoms with Gasteiger partial charge in [0.2, 0.25) is 0 Å². The van der Waals surface area contributed by atoms with Gasteiger partial charge in [0.25, 0.3) is 5.91 Å². The van der Waals surface area contributed by atoms with Crippen molar-refractivity contribution in [2.45, 2.75) is 57.7 Å². The molecule has 1 aliphatic rings. The first-order valence-electron chi connectivity index (χ1n) is 8.88. The van der Waals surface area contributed by atoms with Crippen LogP contribution in [0.4, 0.5) is 0 Å². The molecule has 5 heteroatoms. The SMILES string of the molecule is COc1ccc(C[NH+](C)[C@H](C)C(=O)NC2CCCCC2)c(OC)c1. The summed E-state index contributed by atoms with van der Waals surface area (Å²) in [5.74, 6) is 1.72.